The van der Waals surface area contributed by atoms with Crippen LogP contribution in [0.5, 0.6) is 5.75 Å². The highest BCUT2D eigenvalue weighted by Gasteiger charge is 2.36. The van der Waals surface area contributed by atoms with Gasteiger partial charge in [-0.25, -0.2) is 0 Å². The third kappa shape index (κ3) is 6.23. The molecule has 33 heavy (non-hydrogen) atoms. The van der Waals surface area contributed by atoms with Gasteiger partial charge in [-0.3, -0.25) is 24.1 Å². The highest BCUT2D eigenvalue weighted by Crippen LogP contribution is 2.32. The number of methoxy groups -OCH3 is 1. The number of benzene rings is 2. The first-order valence-corrected chi connectivity index (χ1v) is 11.4. The second-order valence-corrected chi connectivity index (χ2v) is 9.01. The van der Waals surface area contributed by atoms with E-state index in [9.17, 15) is 19.2 Å². The van der Waals surface area contributed by atoms with Gasteiger partial charge in [0.2, 0.25) is 0 Å². The summed E-state index contributed by atoms with van der Waals surface area (Å²) in [6.07, 6.45) is 1.55. The number of rotatable bonds is 7. The molecule has 1 N–H and O–H groups in total. The fraction of sp³-hybridized carbons (Fsp3) is 0.217. The summed E-state index contributed by atoms with van der Waals surface area (Å²) in [5.74, 6) is -1.05. The fourth-order valence-electron chi connectivity index (χ4n) is 2.85. The van der Waals surface area contributed by atoms with Crippen LogP contribution < -0.4 is 10.1 Å². The summed E-state index contributed by atoms with van der Waals surface area (Å²) < 4.78 is 10.8. The van der Waals surface area contributed by atoms with E-state index in [1.54, 1.807) is 30.3 Å². The third-order valence-electron chi connectivity index (χ3n) is 4.79. The maximum atomic E-state index is 12.4. The van der Waals surface area contributed by atoms with Crippen molar-refractivity contribution in [3.8, 4) is 5.75 Å². The van der Waals surface area contributed by atoms with Gasteiger partial charge >= 0.3 is 5.97 Å². The van der Waals surface area contributed by atoms with E-state index in [-0.39, 0.29) is 17.4 Å². The molecule has 0 radical (unpaired) electrons. The molecule has 0 bridgehead atoms. The standard InChI is InChI=1S/C23H21BrN2O6S/c1-13-8-17(24)18(9-14(13)2)25-20(27)12-32-16-6-4-15(5-7-16)10-19-22(29)26(23(30)33-19)11-21(28)31-3/h4-10H,11-12H2,1-3H3,(H,25,27)/b19-10+. The molecule has 1 aliphatic heterocycles. The molecule has 1 saturated heterocycles. The van der Waals surface area contributed by atoms with Gasteiger partial charge in [-0.1, -0.05) is 12.1 Å². The van der Waals surface area contributed by atoms with E-state index in [4.69, 9.17) is 4.74 Å². The Morgan fingerprint density at radius 2 is 1.79 bits per heavy atom. The molecule has 10 heteroatoms. The van der Waals surface area contributed by atoms with Crippen LogP contribution in [0.3, 0.4) is 0 Å². The number of nitrogens with one attached hydrogen (secondary N) is 1. The number of thioether (sulfide) groups is 1. The lowest BCUT2D eigenvalue weighted by Gasteiger charge is -2.11. The summed E-state index contributed by atoms with van der Waals surface area (Å²) in [5.41, 5.74) is 3.51. The van der Waals surface area contributed by atoms with E-state index in [0.29, 0.717) is 17.0 Å². The second-order valence-electron chi connectivity index (χ2n) is 7.17. The second kappa shape index (κ2) is 10.7. The van der Waals surface area contributed by atoms with E-state index < -0.39 is 23.7 Å². The monoisotopic (exact) mass is 532 g/mol. The van der Waals surface area contributed by atoms with Crippen molar-refractivity contribution < 1.29 is 28.7 Å². The minimum atomic E-state index is -0.672. The Kier molecular flexibility index (Phi) is 7.93. The molecule has 8 nitrogen and oxygen atoms in total. The highest BCUT2D eigenvalue weighted by atomic mass is 79.9. The van der Waals surface area contributed by atoms with Crippen molar-refractivity contribution in [1.82, 2.24) is 4.90 Å². The van der Waals surface area contributed by atoms with Gasteiger partial charge in [0.15, 0.2) is 6.61 Å². The number of anilines is 1. The fourth-order valence-corrected chi connectivity index (χ4v) is 4.25. The molecule has 0 saturated carbocycles. The van der Waals surface area contributed by atoms with Crippen molar-refractivity contribution in [2.75, 3.05) is 25.6 Å². The Morgan fingerprint density at radius 1 is 1.12 bits per heavy atom. The largest absolute Gasteiger partial charge is 0.484 e. The SMILES string of the molecule is COC(=O)CN1C(=O)S/C(=C/c2ccc(OCC(=O)Nc3cc(C)c(C)cc3Br)cc2)C1=O. The smallest absolute Gasteiger partial charge is 0.325 e. The lowest BCUT2D eigenvalue weighted by Crippen LogP contribution is -2.34. The molecule has 1 heterocycles. The molecule has 0 unspecified atom stereocenters. The third-order valence-corrected chi connectivity index (χ3v) is 6.36. The molecule has 0 spiro atoms. The number of halogens is 1. The van der Waals surface area contributed by atoms with Crippen LogP contribution in [0.15, 0.2) is 45.8 Å². The first-order valence-electron chi connectivity index (χ1n) is 9.79. The van der Waals surface area contributed by atoms with E-state index in [1.165, 1.54) is 7.11 Å². The van der Waals surface area contributed by atoms with Gasteiger partial charge < -0.3 is 14.8 Å². The molecule has 3 amide bonds. The summed E-state index contributed by atoms with van der Waals surface area (Å²) in [5, 5.41) is 2.28. The van der Waals surface area contributed by atoms with Crippen LogP contribution in [0, 0.1) is 13.8 Å². The molecule has 3 rings (SSSR count). The Hall–Kier alpha value is -3.11. The normalized spacial score (nSPS) is 14.5. The summed E-state index contributed by atoms with van der Waals surface area (Å²) in [7, 11) is 1.19. The topological polar surface area (TPSA) is 102 Å². The summed E-state index contributed by atoms with van der Waals surface area (Å²) in [4.78, 5) is 49.0. The van der Waals surface area contributed by atoms with Crippen LogP contribution in [0.1, 0.15) is 16.7 Å². The number of nitrogens with zero attached hydrogens (tertiary/aromatic N) is 1. The van der Waals surface area contributed by atoms with Gasteiger partial charge in [0, 0.05) is 4.47 Å². The van der Waals surface area contributed by atoms with Crippen molar-refractivity contribution in [2.45, 2.75) is 13.8 Å². The lowest BCUT2D eigenvalue weighted by atomic mass is 10.1. The predicted molar refractivity (Wildman–Crippen MR) is 129 cm³/mol. The molecule has 1 fully saturated rings. The predicted octanol–water partition coefficient (Wildman–Crippen LogP) is 4.29. The molecule has 1 aliphatic rings. The summed E-state index contributed by atoms with van der Waals surface area (Å²) in [6.45, 7) is 3.36. The van der Waals surface area contributed by atoms with Crippen molar-refractivity contribution in [1.29, 1.82) is 0 Å². The lowest BCUT2D eigenvalue weighted by molar-refractivity contribution is -0.143. The number of imide groups is 1. The molecular formula is C23H21BrN2O6S. The molecule has 0 atom stereocenters. The van der Waals surface area contributed by atoms with E-state index >= 15 is 0 Å². The number of hydrogen-bond acceptors (Lipinski definition) is 7. The van der Waals surface area contributed by atoms with Crippen LogP contribution >= 0.6 is 27.7 Å². The highest BCUT2D eigenvalue weighted by molar-refractivity contribution is 9.10. The van der Waals surface area contributed by atoms with Crippen molar-refractivity contribution >= 4 is 62.5 Å². The van der Waals surface area contributed by atoms with E-state index in [0.717, 1.165) is 32.3 Å². The molecule has 0 aliphatic carbocycles. The Balaban J connectivity index is 1.58. The molecule has 172 valence electrons. The molecule has 0 aromatic heterocycles. The van der Waals surface area contributed by atoms with Gasteiger partial charge in [0.1, 0.15) is 12.3 Å². The van der Waals surface area contributed by atoms with Gasteiger partial charge in [0.25, 0.3) is 17.1 Å². The Morgan fingerprint density at radius 3 is 2.45 bits per heavy atom. The average molecular weight is 533 g/mol. The van der Waals surface area contributed by atoms with Crippen molar-refractivity contribution in [2.24, 2.45) is 0 Å². The molecule has 2 aromatic carbocycles. The zero-order valence-corrected chi connectivity index (χ0v) is 20.5. The maximum absolute atomic E-state index is 12.4. The van der Waals surface area contributed by atoms with Crippen molar-refractivity contribution in [3.05, 3.63) is 62.5 Å². The summed E-state index contributed by atoms with van der Waals surface area (Å²) in [6, 6.07) is 10.5. The zero-order valence-electron chi connectivity index (χ0n) is 18.1. The van der Waals surface area contributed by atoms with Crippen LogP contribution in [0.4, 0.5) is 10.5 Å². The van der Waals surface area contributed by atoms with Crippen LogP contribution in [0.25, 0.3) is 6.08 Å². The average Bonchev–Trinajstić information content (AvgIpc) is 3.04. The van der Waals surface area contributed by atoms with Gasteiger partial charge in [-0.15, -0.1) is 0 Å². The number of hydrogen-bond donors (Lipinski definition) is 1. The molecule has 2 aromatic rings. The van der Waals surface area contributed by atoms with Gasteiger partial charge in [-0.2, -0.15) is 0 Å². The van der Waals surface area contributed by atoms with Crippen LogP contribution in [0.2, 0.25) is 0 Å². The zero-order chi connectivity index (χ0) is 24.1. The number of amides is 3. The number of carbonyl (C=O) groups excluding carboxylic acids is 4. The number of esters is 1. The Bertz CT molecular complexity index is 1150. The first kappa shape index (κ1) is 24.5. The number of ether oxygens (including phenoxy) is 2. The van der Waals surface area contributed by atoms with Gasteiger partial charge in [-0.05, 0) is 88.6 Å². The maximum Gasteiger partial charge on any atom is 0.325 e. The minimum absolute atomic E-state index is 0.175. The van der Waals surface area contributed by atoms with Gasteiger partial charge in [0.05, 0.1) is 17.7 Å². The van der Waals surface area contributed by atoms with E-state index in [1.807, 2.05) is 26.0 Å². The Labute approximate surface area is 203 Å². The minimum Gasteiger partial charge on any atom is -0.484 e. The first-order chi connectivity index (χ1) is 15.7. The number of carbonyl (C=O) groups is 4. The van der Waals surface area contributed by atoms with E-state index in [2.05, 4.69) is 26.0 Å². The summed E-state index contributed by atoms with van der Waals surface area (Å²) >= 11 is 4.20. The van der Waals surface area contributed by atoms with Crippen molar-refractivity contribution in [3.63, 3.8) is 0 Å². The molecular weight excluding hydrogens is 512 g/mol. The quantitative estimate of drug-likeness (QED) is 0.419. The van der Waals surface area contributed by atoms with Crippen LogP contribution in [-0.2, 0) is 19.1 Å². The number of aryl methyl sites for hydroxylation is 2. The van der Waals surface area contributed by atoms with Crippen LogP contribution in [-0.4, -0.2) is 48.2 Å².